The number of nitrogen functional groups attached to an aromatic ring is 1. The SMILES string of the molecule is Nc1ncnc2c1ncn2[C@H]1C[C@H](O)[C@H](O)[C@@H]1O. The first-order valence-corrected chi connectivity index (χ1v) is 5.57. The van der Waals surface area contributed by atoms with Gasteiger partial charge in [-0.3, -0.25) is 0 Å². The van der Waals surface area contributed by atoms with Gasteiger partial charge in [0, 0.05) is 0 Å². The van der Waals surface area contributed by atoms with Gasteiger partial charge in [-0.15, -0.1) is 0 Å². The number of aliphatic hydroxyl groups is 3. The molecule has 1 aliphatic rings. The van der Waals surface area contributed by atoms with Crippen LogP contribution in [0.2, 0.25) is 0 Å². The average molecular weight is 251 g/mol. The summed E-state index contributed by atoms with van der Waals surface area (Å²) >= 11 is 0. The Kier molecular flexibility index (Phi) is 2.44. The number of aliphatic hydroxyl groups excluding tert-OH is 3. The standard InChI is InChI=1S/C10H13N5O3/c11-9-6-10(13-2-12-9)15(3-14-6)4-1-5(16)8(18)7(4)17/h2-5,7-8,16-18H,1H2,(H2,11,12,13)/t4-,5-,7+,8-/m0/s1. The molecule has 0 saturated heterocycles. The molecular formula is C10H13N5O3. The lowest BCUT2D eigenvalue weighted by Gasteiger charge is -2.17. The van der Waals surface area contributed by atoms with Gasteiger partial charge in [0.1, 0.15) is 24.1 Å². The van der Waals surface area contributed by atoms with Crippen LogP contribution in [0.15, 0.2) is 12.7 Å². The molecule has 1 fully saturated rings. The molecule has 18 heavy (non-hydrogen) atoms. The summed E-state index contributed by atoms with van der Waals surface area (Å²) in [5.41, 5.74) is 6.59. The van der Waals surface area contributed by atoms with Crippen molar-refractivity contribution in [2.24, 2.45) is 0 Å². The lowest BCUT2D eigenvalue weighted by molar-refractivity contribution is -0.0244. The van der Waals surface area contributed by atoms with Crippen molar-refractivity contribution < 1.29 is 15.3 Å². The van der Waals surface area contributed by atoms with E-state index >= 15 is 0 Å². The summed E-state index contributed by atoms with van der Waals surface area (Å²) in [5, 5.41) is 29.0. The highest BCUT2D eigenvalue weighted by Crippen LogP contribution is 2.33. The number of hydrogen-bond acceptors (Lipinski definition) is 7. The Balaban J connectivity index is 2.08. The van der Waals surface area contributed by atoms with Gasteiger partial charge in [-0.2, -0.15) is 0 Å². The minimum absolute atomic E-state index is 0.234. The summed E-state index contributed by atoms with van der Waals surface area (Å²) in [7, 11) is 0. The highest BCUT2D eigenvalue weighted by atomic mass is 16.4. The fourth-order valence-electron chi connectivity index (χ4n) is 2.37. The number of rotatable bonds is 1. The smallest absolute Gasteiger partial charge is 0.165 e. The second-order valence-electron chi connectivity index (χ2n) is 4.43. The molecule has 1 aliphatic carbocycles. The maximum Gasteiger partial charge on any atom is 0.165 e. The average Bonchev–Trinajstić information content (AvgIpc) is 2.88. The summed E-state index contributed by atoms with van der Waals surface area (Å²) in [6, 6.07) is -0.478. The van der Waals surface area contributed by atoms with E-state index < -0.39 is 24.4 Å². The van der Waals surface area contributed by atoms with E-state index in [0.29, 0.717) is 11.2 Å². The molecule has 8 heteroatoms. The zero-order chi connectivity index (χ0) is 12.9. The van der Waals surface area contributed by atoms with Gasteiger partial charge in [-0.25, -0.2) is 15.0 Å². The van der Waals surface area contributed by atoms with E-state index in [2.05, 4.69) is 15.0 Å². The van der Waals surface area contributed by atoms with Crippen LogP contribution in [-0.2, 0) is 0 Å². The van der Waals surface area contributed by atoms with Crippen molar-refractivity contribution in [2.45, 2.75) is 30.8 Å². The Hall–Kier alpha value is -1.77. The predicted molar refractivity (Wildman–Crippen MR) is 61.4 cm³/mol. The van der Waals surface area contributed by atoms with Gasteiger partial charge in [0.05, 0.1) is 18.5 Å². The van der Waals surface area contributed by atoms with Crippen LogP contribution in [0.4, 0.5) is 5.82 Å². The van der Waals surface area contributed by atoms with E-state index in [-0.39, 0.29) is 12.2 Å². The molecule has 0 bridgehead atoms. The summed E-state index contributed by atoms with van der Waals surface area (Å²) in [6.45, 7) is 0. The zero-order valence-electron chi connectivity index (χ0n) is 9.38. The van der Waals surface area contributed by atoms with Crippen LogP contribution in [0.5, 0.6) is 0 Å². The number of fused-ring (bicyclic) bond motifs is 1. The molecule has 5 N–H and O–H groups in total. The van der Waals surface area contributed by atoms with Crippen molar-refractivity contribution in [2.75, 3.05) is 5.73 Å². The molecule has 2 aromatic heterocycles. The van der Waals surface area contributed by atoms with E-state index in [1.807, 2.05) is 0 Å². The van der Waals surface area contributed by atoms with Gasteiger partial charge in [-0.05, 0) is 6.42 Å². The molecule has 0 amide bonds. The van der Waals surface area contributed by atoms with Crippen molar-refractivity contribution in [3.05, 3.63) is 12.7 Å². The molecule has 0 aromatic carbocycles. The van der Waals surface area contributed by atoms with Gasteiger partial charge >= 0.3 is 0 Å². The molecule has 0 unspecified atom stereocenters. The Morgan fingerprint density at radius 1 is 1.17 bits per heavy atom. The van der Waals surface area contributed by atoms with E-state index in [4.69, 9.17) is 5.73 Å². The molecule has 0 radical (unpaired) electrons. The van der Waals surface area contributed by atoms with Crippen molar-refractivity contribution >= 4 is 17.0 Å². The second-order valence-corrected chi connectivity index (χ2v) is 4.43. The molecule has 0 aliphatic heterocycles. The Labute approximate surface area is 102 Å². The van der Waals surface area contributed by atoms with Gasteiger partial charge in [0.15, 0.2) is 11.5 Å². The molecule has 2 aromatic rings. The number of nitrogens with zero attached hydrogens (tertiary/aromatic N) is 4. The quantitative estimate of drug-likeness (QED) is 0.482. The van der Waals surface area contributed by atoms with Crippen LogP contribution in [0.3, 0.4) is 0 Å². The minimum atomic E-state index is -1.16. The third-order valence-electron chi connectivity index (χ3n) is 3.37. The zero-order valence-corrected chi connectivity index (χ0v) is 9.38. The second kappa shape index (κ2) is 3.87. The summed E-state index contributed by atoms with van der Waals surface area (Å²) in [4.78, 5) is 12.0. The van der Waals surface area contributed by atoms with Crippen molar-refractivity contribution in [1.29, 1.82) is 0 Å². The fraction of sp³-hybridized carbons (Fsp3) is 0.500. The first kappa shape index (κ1) is 11.3. The van der Waals surface area contributed by atoms with Crippen molar-refractivity contribution in [1.82, 2.24) is 19.5 Å². The molecule has 1 saturated carbocycles. The summed E-state index contributed by atoms with van der Waals surface area (Å²) in [6.07, 6.45) is -0.155. The van der Waals surface area contributed by atoms with E-state index in [0.717, 1.165) is 0 Å². The van der Waals surface area contributed by atoms with Crippen LogP contribution in [0, 0.1) is 0 Å². The number of anilines is 1. The number of hydrogen-bond donors (Lipinski definition) is 4. The molecule has 0 spiro atoms. The van der Waals surface area contributed by atoms with Crippen LogP contribution in [0.25, 0.3) is 11.2 Å². The highest BCUT2D eigenvalue weighted by molar-refractivity contribution is 5.81. The monoisotopic (exact) mass is 251 g/mol. The molecule has 3 rings (SSSR count). The number of aromatic nitrogens is 4. The predicted octanol–water partition coefficient (Wildman–Crippen LogP) is -1.56. The third-order valence-corrected chi connectivity index (χ3v) is 3.37. The summed E-state index contributed by atoms with van der Waals surface area (Å²) < 4.78 is 1.61. The Morgan fingerprint density at radius 3 is 2.61 bits per heavy atom. The van der Waals surface area contributed by atoms with Crippen molar-refractivity contribution in [3.63, 3.8) is 0 Å². The molecule has 96 valence electrons. The molecule has 2 heterocycles. The van der Waals surface area contributed by atoms with Crippen LogP contribution >= 0.6 is 0 Å². The Morgan fingerprint density at radius 2 is 1.94 bits per heavy atom. The van der Waals surface area contributed by atoms with Crippen LogP contribution in [-0.4, -0.2) is 53.2 Å². The van der Waals surface area contributed by atoms with Crippen LogP contribution < -0.4 is 5.73 Å². The maximum atomic E-state index is 9.90. The maximum absolute atomic E-state index is 9.90. The summed E-state index contributed by atoms with van der Waals surface area (Å²) in [5.74, 6) is 0.257. The van der Waals surface area contributed by atoms with E-state index in [1.165, 1.54) is 12.7 Å². The van der Waals surface area contributed by atoms with Crippen LogP contribution in [0.1, 0.15) is 12.5 Å². The normalized spacial score (nSPS) is 32.2. The first-order chi connectivity index (χ1) is 8.59. The van der Waals surface area contributed by atoms with E-state index in [9.17, 15) is 15.3 Å². The van der Waals surface area contributed by atoms with Gasteiger partial charge in [-0.1, -0.05) is 0 Å². The molecule has 8 nitrogen and oxygen atoms in total. The lowest BCUT2D eigenvalue weighted by Crippen LogP contribution is -2.31. The van der Waals surface area contributed by atoms with Gasteiger partial charge < -0.3 is 25.6 Å². The first-order valence-electron chi connectivity index (χ1n) is 5.57. The topological polar surface area (TPSA) is 130 Å². The lowest BCUT2D eigenvalue weighted by atomic mass is 10.2. The largest absolute Gasteiger partial charge is 0.390 e. The van der Waals surface area contributed by atoms with E-state index in [1.54, 1.807) is 4.57 Å². The minimum Gasteiger partial charge on any atom is -0.390 e. The van der Waals surface area contributed by atoms with Crippen molar-refractivity contribution in [3.8, 4) is 0 Å². The highest BCUT2D eigenvalue weighted by Gasteiger charge is 2.42. The third kappa shape index (κ3) is 1.47. The molecule has 4 atom stereocenters. The number of nitrogens with two attached hydrogens (primary N) is 1. The number of imidazole rings is 1. The molecular weight excluding hydrogens is 238 g/mol. The van der Waals surface area contributed by atoms with Gasteiger partial charge in [0.2, 0.25) is 0 Å². The Bertz CT molecular complexity index is 586. The van der Waals surface area contributed by atoms with Gasteiger partial charge in [0.25, 0.3) is 0 Å². The fourth-order valence-corrected chi connectivity index (χ4v) is 2.37.